The standard InChI is InChI=1S/C15H30N2O/c1-12-4-3-5-15(8-12,10-16)11-17(2)9-13-6-14(18)7-13/h12-14,18H,3-11,16H2,1-2H3. The first-order valence-corrected chi connectivity index (χ1v) is 7.60. The Balaban J connectivity index is 1.81. The van der Waals surface area contributed by atoms with Crippen molar-refractivity contribution in [1.29, 1.82) is 0 Å². The molecule has 0 aromatic heterocycles. The fourth-order valence-electron chi connectivity index (χ4n) is 4.09. The summed E-state index contributed by atoms with van der Waals surface area (Å²) in [5.74, 6) is 1.54. The van der Waals surface area contributed by atoms with Crippen LogP contribution in [-0.4, -0.2) is 42.8 Å². The molecule has 2 fully saturated rings. The minimum Gasteiger partial charge on any atom is -0.393 e. The first-order chi connectivity index (χ1) is 8.53. The van der Waals surface area contributed by atoms with E-state index in [1.54, 1.807) is 0 Å². The van der Waals surface area contributed by atoms with Crippen molar-refractivity contribution in [3.8, 4) is 0 Å². The molecule has 0 spiro atoms. The summed E-state index contributed by atoms with van der Waals surface area (Å²) in [5.41, 5.74) is 6.44. The van der Waals surface area contributed by atoms with Gasteiger partial charge < -0.3 is 15.7 Å². The Kier molecular flexibility index (Phi) is 4.68. The molecule has 0 aromatic carbocycles. The van der Waals surface area contributed by atoms with Crippen LogP contribution in [0.1, 0.15) is 45.4 Å². The van der Waals surface area contributed by atoms with E-state index in [0.717, 1.165) is 38.4 Å². The number of rotatable bonds is 5. The Bertz CT molecular complexity index is 265. The second-order valence-electron chi connectivity index (χ2n) is 7.09. The van der Waals surface area contributed by atoms with Crippen molar-refractivity contribution in [3.05, 3.63) is 0 Å². The molecule has 0 radical (unpaired) electrons. The van der Waals surface area contributed by atoms with Gasteiger partial charge in [-0.1, -0.05) is 19.8 Å². The summed E-state index contributed by atoms with van der Waals surface area (Å²) < 4.78 is 0. The highest BCUT2D eigenvalue weighted by molar-refractivity contribution is 4.89. The first-order valence-electron chi connectivity index (χ1n) is 7.60. The lowest BCUT2D eigenvalue weighted by Gasteiger charge is -2.43. The van der Waals surface area contributed by atoms with Crippen LogP contribution in [0.2, 0.25) is 0 Å². The van der Waals surface area contributed by atoms with Gasteiger partial charge in [-0.15, -0.1) is 0 Å². The van der Waals surface area contributed by atoms with Crippen molar-refractivity contribution in [2.24, 2.45) is 23.0 Å². The van der Waals surface area contributed by atoms with Crippen molar-refractivity contribution in [2.75, 3.05) is 26.7 Å². The molecule has 2 unspecified atom stereocenters. The lowest BCUT2D eigenvalue weighted by molar-refractivity contribution is 0.0166. The maximum atomic E-state index is 9.35. The van der Waals surface area contributed by atoms with Gasteiger partial charge in [0.25, 0.3) is 0 Å². The fraction of sp³-hybridized carbons (Fsp3) is 1.00. The molecule has 3 nitrogen and oxygen atoms in total. The third kappa shape index (κ3) is 3.46. The minimum absolute atomic E-state index is 0.0263. The van der Waals surface area contributed by atoms with Crippen LogP contribution in [0, 0.1) is 17.3 Å². The summed E-state index contributed by atoms with van der Waals surface area (Å²) in [5, 5.41) is 9.35. The molecule has 0 aromatic rings. The summed E-state index contributed by atoms with van der Waals surface area (Å²) in [4.78, 5) is 2.46. The van der Waals surface area contributed by atoms with E-state index in [0.29, 0.717) is 11.3 Å². The third-order valence-electron chi connectivity index (χ3n) is 5.00. The zero-order valence-electron chi connectivity index (χ0n) is 12.1. The molecular formula is C15H30N2O. The van der Waals surface area contributed by atoms with Gasteiger partial charge in [-0.05, 0) is 56.5 Å². The zero-order chi connectivity index (χ0) is 13.2. The van der Waals surface area contributed by atoms with Crippen LogP contribution in [0.5, 0.6) is 0 Å². The van der Waals surface area contributed by atoms with E-state index in [1.165, 1.54) is 25.7 Å². The summed E-state index contributed by atoms with van der Waals surface area (Å²) in [6, 6.07) is 0. The highest BCUT2D eigenvalue weighted by Gasteiger charge is 2.36. The van der Waals surface area contributed by atoms with E-state index >= 15 is 0 Å². The summed E-state index contributed by atoms with van der Waals surface area (Å²) >= 11 is 0. The number of aliphatic hydroxyl groups is 1. The number of nitrogens with two attached hydrogens (primary N) is 1. The molecule has 0 heterocycles. The predicted octanol–water partition coefficient (Wildman–Crippen LogP) is 1.84. The highest BCUT2D eigenvalue weighted by Crippen LogP contribution is 2.39. The van der Waals surface area contributed by atoms with Crippen LogP contribution in [0.15, 0.2) is 0 Å². The van der Waals surface area contributed by atoms with Gasteiger partial charge in [0.05, 0.1) is 6.10 Å². The smallest absolute Gasteiger partial charge is 0.0546 e. The van der Waals surface area contributed by atoms with E-state index < -0.39 is 0 Å². The quantitative estimate of drug-likeness (QED) is 0.787. The number of nitrogens with zero attached hydrogens (tertiary/aromatic N) is 1. The minimum atomic E-state index is -0.0263. The average molecular weight is 254 g/mol. The third-order valence-corrected chi connectivity index (χ3v) is 5.00. The summed E-state index contributed by atoms with van der Waals surface area (Å²) in [6.07, 6.45) is 7.27. The lowest BCUT2D eigenvalue weighted by Crippen LogP contribution is -2.46. The Morgan fingerprint density at radius 2 is 2.11 bits per heavy atom. The van der Waals surface area contributed by atoms with Crippen LogP contribution in [0.4, 0.5) is 0 Å². The topological polar surface area (TPSA) is 49.5 Å². The van der Waals surface area contributed by atoms with Crippen molar-refractivity contribution in [2.45, 2.75) is 51.6 Å². The normalized spacial score (nSPS) is 40.8. The summed E-state index contributed by atoms with van der Waals surface area (Å²) in [6.45, 7) is 5.47. The van der Waals surface area contributed by atoms with Gasteiger partial charge >= 0.3 is 0 Å². The molecule has 0 bridgehead atoms. The SMILES string of the molecule is CC1CCCC(CN)(CN(C)CC2CC(O)C2)C1. The van der Waals surface area contributed by atoms with Crippen LogP contribution >= 0.6 is 0 Å². The Hall–Kier alpha value is -0.120. The maximum absolute atomic E-state index is 9.35. The zero-order valence-corrected chi connectivity index (χ0v) is 12.1. The van der Waals surface area contributed by atoms with Gasteiger partial charge in [0.15, 0.2) is 0 Å². The van der Waals surface area contributed by atoms with Crippen molar-refractivity contribution in [1.82, 2.24) is 4.90 Å². The molecule has 2 aliphatic rings. The van der Waals surface area contributed by atoms with Crippen LogP contribution < -0.4 is 5.73 Å². The predicted molar refractivity (Wildman–Crippen MR) is 75.3 cm³/mol. The molecule has 106 valence electrons. The number of aliphatic hydroxyl groups excluding tert-OH is 1. The molecular weight excluding hydrogens is 224 g/mol. The largest absolute Gasteiger partial charge is 0.393 e. The molecule has 2 rings (SSSR count). The monoisotopic (exact) mass is 254 g/mol. The highest BCUT2D eigenvalue weighted by atomic mass is 16.3. The molecule has 18 heavy (non-hydrogen) atoms. The van der Waals surface area contributed by atoms with E-state index in [1.807, 2.05) is 0 Å². The Morgan fingerprint density at radius 3 is 2.67 bits per heavy atom. The van der Waals surface area contributed by atoms with Gasteiger partial charge in [0.1, 0.15) is 0 Å². The molecule has 3 N–H and O–H groups in total. The van der Waals surface area contributed by atoms with E-state index in [2.05, 4.69) is 18.9 Å². The fourth-order valence-corrected chi connectivity index (χ4v) is 4.09. The second-order valence-corrected chi connectivity index (χ2v) is 7.09. The van der Waals surface area contributed by atoms with Crippen molar-refractivity contribution in [3.63, 3.8) is 0 Å². The van der Waals surface area contributed by atoms with Gasteiger partial charge in [-0.2, -0.15) is 0 Å². The molecule has 0 saturated heterocycles. The van der Waals surface area contributed by atoms with Gasteiger partial charge in [0.2, 0.25) is 0 Å². The molecule has 0 amide bonds. The van der Waals surface area contributed by atoms with Gasteiger partial charge in [-0.3, -0.25) is 0 Å². The molecule has 3 heteroatoms. The molecule has 2 saturated carbocycles. The number of hydrogen-bond acceptors (Lipinski definition) is 3. The number of hydrogen-bond donors (Lipinski definition) is 2. The molecule has 2 aliphatic carbocycles. The van der Waals surface area contributed by atoms with Crippen LogP contribution in [0.3, 0.4) is 0 Å². The van der Waals surface area contributed by atoms with Crippen molar-refractivity contribution >= 4 is 0 Å². The molecule has 0 aliphatic heterocycles. The first kappa shape index (κ1) is 14.3. The average Bonchev–Trinajstić information content (AvgIpc) is 2.27. The van der Waals surface area contributed by atoms with Crippen LogP contribution in [-0.2, 0) is 0 Å². The lowest BCUT2D eigenvalue weighted by atomic mass is 9.69. The van der Waals surface area contributed by atoms with Gasteiger partial charge in [0, 0.05) is 13.1 Å². The van der Waals surface area contributed by atoms with E-state index in [4.69, 9.17) is 5.73 Å². The van der Waals surface area contributed by atoms with Crippen LogP contribution in [0.25, 0.3) is 0 Å². The van der Waals surface area contributed by atoms with E-state index in [9.17, 15) is 5.11 Å². The second kappa shape index (κ2) is 5.89. The van der Waals surface area contributed by atoms with Gasteiger partial charge in [-0.25, -0.2) is 0 Å². The summed E-state index contributed by atoms with van der Waals surface area (Å²) in [7, 11) is 2.22. The Morgan fingerprint density at radius 1 is 1.39 bits per heavy atom. The Labute approximate surface area is 112 Å². The van der Waals surface area contributed by atoms with Crippen molar-refractivity contribution < 1.29 is 5.11 Å². The maximum Gasteiger partial charge on any atom is 0.0546 e. The van der Waals surface area contributed by atoms with E-state index in [-0.39, 0.29) is 6.10 Å². The molecule has 2 atom stereocenters.